The molecule has 0 saturated heterocycles. The van der Waals surface area contributed by atoms with Gasteiger partial charge < -0.3 is 0 Å². The Hall–Kier alpha value is 3.47. The first-order valence-electron chi connectivity index (χ1n) is 0. The topological polar surface area (TPSA) is 0 Å². The molecular formula is H12BiInPbSn. The maximum atomic E-state index is 0. The second kappa shape index (κ2) is 16.1. The van der Waals surface area contributed by atoms with Gasteiger partial charge in [0.2, 0.25) is 0 Å². The van der Waals surface area contributed by atoms with Crippen molar-refractivity contribution in [1.29, 1.82) is 0 Å². The summed E-state index contributed by atoms with van der Waals surface area (Å²) in [7, 11) is 0. The Kier molecular flexibility index (Phi) is 104. The summed E-state index contributed by atoms with van der Waals surface area (Å²) in [5.41, 5.74) is 0. The predicted octanol–water partition coefficient (Wildman–Crippen LogP) is -4.74. The van der Waals surface area contributed by atoms with E-state index in [0.29, 0.717) is 0 Å². The molecule has 0 rings (SSSR count). The van der Waals surface area contributed by atoms with Crippen molar-refractivity contribution in [3.8, 4) is 0 Å². The van der Waals surface area contributed by atoms with Crippen LogP contribution in [0.1, 0.15) is 0 Å². The molecule has 0 aromatic carbocycles. The molecule has 0 nitrogen and oxygen atoms in total. The average molecular weight is 662 g/mol. The molecule has 0 amide bonds. The van der Waals surface area contributed by atoms with Gasteiger partial charge in [0.05, 0.1) is 0 Å². The molecule has 0 heterocycles. The Balaban J connectivity index is 0. The molecule has 0 atom stereocenters. The summed E-state index contributed by atoms with van der Waals surface area (Å²) in [5, 5.41) is 0. The van der Waals surface area contributed by atoms with Crippen molar-refractivity contribution in [2.24, 2.45) is 0 Å². The van der Waals surface area contributed by atoms with E-state index in [9.17, 15) is 0 Å². The van der Waals surface area contributed by atoms with E-state index in [1.807, 2.05) is 0 Å². The van der Waals surface area contributed by atoms with Crippen molar-refractivity contribution in [3.63, 3.8) is 0 Å². The van der Waals surface area contributed by atoms with Crippen LogP contribution in [0, 0.1) is 0 Å². The van der Waals surface area contributed by atoms with Crippen LogP contribution in [0.25, 0.3) is 0 Å². The zero-order valence-electron chi connectivity index (χ0n) is 1.41. The Morgan fingerprint density at radius 2 is 1.00 bits per heavy atom. The minimum absolute atomic E-state index is 0. The summed E-state index contributed by atoms with van der Waals surface area (Å²) in [6.45, 7) is 0. The second-order valence-corrected chi connectivity index (χ2v) is 0. The van der Waals surface area contributed by atoms with Gasteiger partial charge in [-0.15, -0.1) is 0 Å². The van der Waals surface area contributed by atoms with Crippen molar-refractivity contribution < 1.29 is 0 Å². The van der Waals surface area contributed by atoms with Crippen molar-refractivity contribution >= 4 is 103 Å². The van der Waals surface area contributed by atoms with Gasteiger partial charge >= 0.3 is 103 Å². The van der Waals surface area contributed by atoms with Crippen molar-refractivity contribution in [3.05, 3.63) is 0 Å². The van der Waals surface area contributed by atoms with E-state index in [0.717, 1.165) is 0 Å². The predicted molar refractivity (Wildman–Crippen MR) is 39.8 cm³/mol. The molecule has 4 heavy (non-hydrogen) atoms. The Morgan fingerprint density at radius 3 is 1.00 bits per heavy atom. The summed E-state index contributed by atoms with van der Waals surface area (Å²) in [4.78, 5) is 0. The molecule has 0 aliphatic rings. The monoisotopic (exact) mass is 664 g/mol. The van der Waals surface area contributed by atoms with Crippen molar-refractivity contribution in [2.75, 3.05) is 0 Å². The fourth-order valence-corrected chi connectivity index (χ4v) is 0. The zero-order chi connectivity index (χ0) is 0. The second-order valence-electron chi connectivity index (χ2n) is 0. The average Bonchev–Trinajstić information content (AvgIpc) is 0. The van der Waals surface area contributed by atoms with Gasteiger partial charge in [0.1, 0.15) is 0 Å². The van der Waals surface area contributed by atoms with Crippen LogP contribution >= 0.6 is 0 Å². The number of hydrogen-bond acceptors (Lipinski definition) is 0. The van der Waals surface area contributed by atoms with Crippen LogP contribution in [0.3, 0.4) is 0 Å². The summed E-state index contributed by atoms with van der Waals surface area (Å²) in [6.07, 6.45) is 0. The van der Waals surface area contributed by atoms with Gasteiger partial charge in [-0.1, -0.05) is 0 Å². The zero-order valence-corrected chi connectivity index (χ0v) is 12.4. The van der Waals surface area contributed by atoms with Gasteiger partial charge in [0.25, 0.3) is 0 Å². The third-order valence-electron chi connectivity index (χ3n) is 0. The van der Waals surface area contributed by atoms with E-state index < -0.39 is 0 Å². The van der Waals surface area contributed by atoms with Gasteiger partial charge in [-0.05, 0) is 0 Å². The molecule has 0 aliphatic carbocycles. The molecule has 0 fully saturated rings. The molecule has 0 aliphatic heterocycles. The van der Waals surface area contributed by atoms with Gasteiger partial charge in [0.15, 0.2) is 0 Å². The molecule has 0 aromatic rings. The first kappa shape index (κ1) is 26.0. The molecular weight excluding hydrogens is 650 g/mol. The van der Waals surface area contributed by atoms with E-state index >= 15 is 0 Å². The van der Waals surface area contributed by atoms with Gasteiger partial charge in [-0.2, -0.15) is 0 Å². The minimum atomic E-state index is 0. The van der Waals surface area contributed by atoms with Crippen LogP contribution in [-0.2, 0) is 0 Å². The standard InChI is InChI=1S/Bi.In.Pb.Sn.12H. The van der Waals surface area contributed by atoms with Crippen LogP contribution < -0.4 is 0 Å². The normalized spacial score (nSPS) is 0. The molecule has 0 bridgehead atoms. The molecule has 0 aromatic heterocycles. The Labute approximate surface area is 101 Å². The van der Waals surface area contributed by atoms with Crippen LogP contribution in [-0.4, -0.2) is 103 Å². The van der Waals surface area contributed by atoms with Gasteiger partial charge in [-0.25, -0.2) is 0 Å². The molecule has 0 N–H and O–H groups in total. The van der Waals surface area contributed by atoms with E-state index in [1.165, 1.54) is 0 Å². The molecule has 0 unspecified atom stereocenters. The third kappa shape index (κ3) is 9.08. The van der Waals surface area contributed by atoms with Crippen molar-refractivity contribution in [2.45, 2.75) is 0 Å². The van der Waals surface area contributed by atoms with Crippen LogP contribution in [0.2, 0.25) is 0 Å². The van der Waals surface area contributed by atoms with Crippen molar-refractivity contribution in [1.82, 2.24) is 0 Å². The summed E-state index contributed by atoms with van der Waals surface area (Å²) < 4.78 is 0. The first-order valence-corrected chi connectivity index (χ1v) is 0. The van der Waals surface area contributed by atoms with E-state index in [2.05, 4.69) is 0 Å². The summed E-state index contributed by atoms with van der Waals surface area (Å²) in [5.74, 6) is 0. The fraction of sp³-hybridized carbons (Fsp3) is 0. The maximum absolute atomic E-state index is 0. The van der Waals surface area contributed by atoms with Gasteiger partial charge in [0, 0.05) is 0 Å². The first-order chi connectivity index (χ1) is 0. The Bertz CT molecular complexity index is 8.00. The van der Waals surface area contributed by atoms with Crippen LogP contribution in [0.5, 0.6) is 0 Å². The quantitative estimate of drug-likeness (QED) is 0.229. The van der Waals surface area contributed by atoms with Crippen LogP contribution in [0.15, 0.2) is 0 Å². The summed E-state index contributed by atoms with van der Waals surface area (Å²) >= 11 is 0. The molecule has 2 radical (unpaired) electrons. The van der Waals surface area contributed by atoms with E-state index in [-0.39, 0.29) is 103 Å². The summed E-state index contributed by atoms with van der Waals surface area (Å²) in [6, 6.07) is 0. The molecule has 4 heteroatoms. The molecule has 0 saturated carbocycles. The SMILES string of the molecule is [BiH3].[InH3].[PbH2].[SnH4]. The molecule has 28 valence electrons. The van der Waals surface area contributed by atoms with Gasteiger partial charge in [-0.3, -0.25) is 0 Å². The van der Waals surface area contributed by atoms with E-state index in [1.54, 1.807) is 0 Å². The number of rotatable bonds is 0. The van der Waals surface area contributed by atoms with E-state index in [4.69, 9.17) is 0 Å². The van der Waals surface area contributed by atoms with Crippen LogP contribution in [0.4, 0.5) is 0 Å². The third-order valence-corrected chi connectivity index (χ3v) is 0. The number of hydrogen-bond donors (Lipinski definition) is 0. The fourth-order valence-electron chi connectivity index (χ4n) is 0. The molecule has 0 spiro atoms. The Morgan fingerprint density at radius 1 is 1.00 bits per heavy atom.